The van der Waals surface area contributed by atoms with Gasteiger partial charge in [-0.25, -0.2) is 9.59 Å². The minimum atomic E-state index is -5.22. The van der Waals surface area contributed by atoms with Crippen LogP contribution in [0.1, 0.15) is 45.5 Å². The second-order valence-corrected chi connectivity index (χ2v) is 8.56. The molecular formula is C28H24F3N3O4. The molecule has 7 nitrogen and oxygen atoms in total. The average molecular weight is 524 g/mol. The zero-order valence-electron chi connectivity index (χ0n) is 20.3. The molecule has 0 aliphatic heterocycles. The molecule has 10 heteroatoms. The molecule has 0 radical (unpaired) electrons. The first-order chi connectivity index (χ1) is 18.1. The van der Waals surface area contributed by atoms with Gasteiger partial charge in [-0.15, -0.1) is 0 Å². The van der Waals surface area contributed by atoms with Crippen LogP contribution >= 0.6 is 0 Å². The highest BCUT2D eigenvalue weighted by molar-refractivity contribution is 5.95. The minimum Gasteiger partial charge on any atom is -0.462 e. The van der Waals surface area contributed by atoms with E-state index in [4.69, 9.17) is 15.9 Å². The Balaban J connectivity index is 1.86. The van der Waals surface area contributed by atoms with Crippen molar-refractivity contribution in [2.75, 3.05) is 6.61 Å². The van der Waals surface area contributed by atoms with E-state index in [1.807, 2.05) is 48.5 Å². The molecule has 3 N–H and O–H groups in total. The predicted molar refractivity (Wildman–Crippen MR) is 135 cm³/mol. The van der Waals surface area contributed by atoms with Crippen LogP contribution in [0, 0.1) is 5.41 Å². The Morgan fingerprint density at radius 3 is 2.42 bits per heavy atom. The molecule has 1 aromatic heterocycles. The topological polar surface area (TPSA) is 107 Å². The lowest BCUT2D eigenvalue weighted by atomic mass is 9.84. The van der Waals surface area contributed by atoms with E-state index < -0.39 is 24.0 Å². The fourth-order valence-corrected chi connectivity index (χ4v) is 4.24. The van der Waals surface area contributed by atoms with Crippen molar-refractivity contribution in [2.24, 2.45) is 5.73 Å². The Bertz CT molecular complexity index is 1510. The van der Waals surface area contributed by atoms with E-state index in [0.29, 0.717) is 22.3 Å². The Kier molecular flexibility index (Phi) is 7.52. The van der Waals surface area contributed by atoms with Gasteiger partial charge in [-0.2, -0.15) is 17.9 Å². The van der Waals surface area contributed by atoms with Crippen molar-refractivity contribution < 1.29 is 32.3 Å². The van der Waals surface area contributed by atoms with Gasteiger partial charge in [-0.1, -0.05) is 60.7 Å². The van der Waals surface area contributed by atoms with Gasteiger partial charge in [-0.3, -0.25) is 5.41 Å². The standard InChI is InChI=1S/C28H24F3N3O4/c1-2-37-26(35)24-16-34(38-27(36)28(29,30)31)15-23(24)22(13-17-6-5-9-21(12-17)25(32)33)20-11-10-18-7-3-4-8-19(18)14-20/h3-12,14-16,22H,2,13H2,1H3,(H3,32,33). The van der Waals surface area contributed by atoms with Crippen molar-refractivity contribution in [1.82, 2.24) is 4.73 Å². The Morgan fingerprint density at radius 2 is 1.74 bits per heavy atom. The molecule has 4 aromatic rings. The van der Waals surface area contributed by atoms with Crippen LogP contribution in [0.4, 0.5) is 13.2 Å². The van der Waals surface area contributed by atoms with Crippen LogP contribution in [0.25, 0.3) is 10.8 Å². The van der Waals surface area contributed by atoms with Crippen molar-refractivity contribution in [3.05, 3.63) is 107 Å². The summed E-state index contributed by atoms with van der Waals surface area (Å²) in [6.07, 6.45) is -2.73. The van der Waals surface area contributed by atoms with Crippen LogP contribution in [0.2, 0.25) is 0 Å². The number of ether oxygens (including phenoxy) is 1. The molecule has 1 heterocycles. The number of esters is 1. The largest absolute Gasteiger partial charge is 0.493 e. The number of nitrogens with zero attached hydrogens (tertiary/aromatic N) is 1. The van der Waals surface area contributed by atoms with Crippen molar-refractivity contribution >= 4 is 28.5 Å². The number of nitrogen functional groups attached to an aromatic ring is 1. The molecule has 0 saturated heterocycles. The summed E-state index contributed by atoms with van der Waals surface area (Å²) < 4.78 is 44.4. The molecule has 0 aliphatic rings. The van der Waals surface area contributed by atoms with E-state index in [9.17, 15) is 22.8 Å². The van der Waals surface area contributed by atoms with E-state index in [2.05, 4.69) is 4.84 Å². The van der Waals surface area contributed by atoms with Gasteiger partial charge in [0.2, 0.25) is 0 Å². The molecule has 3 aromatic carbocycles. The lowest BCUT2D eigenvalue weighted by Crippen LogP contribution is -2.32. The van der Waals surface area contributed by atoms with Gasteiger partial charge in [0.15, 0.2) is 0 Å². The monoisotopic (exact) mass is 523 g/mol. The number of rotatable bonds is 8. The van der Waals surface area contributed by atoms with Gasteiger partial charge >= 0.3 is 18.1 Å². The molecule has 0 bridgehead atoms. The maximum atomic E-state index is 12.9. The normalized spacial score (nSPS) is 12.2. The number of carbonyl (C=O) groups is 2. The van der Waals surface area contributed by atoms with Gasteiger partial charge in [0.25, 0.3) is 0 Å². The summed E-state index contributed by atoms with van der Waals surface area (Å²) in [4.78, 5) is 28.9. The number of hydrogen-bond acceptors (Lipinski definition) is 5. The summed E-state index contributed by atoms with van der Waals surface area (Å²) in [7, 11) is 0. The van der Waals surface area contributed by atoms with E-state index in [1.165, 1.54) is 6.20 Å². The number of nitrogens with two attached hydrogens (primary N) is 1. The van der Waals surface area contributed by atoms with Crippen molar-refractivity contribution in [3.63, 3.8) is 0 Å². The molecule has 1 unspecified atom stereocenters. The number of hydrogen-bond donors (Lipinski definition) is 2. The van der Waals surface area contributed by atoms with Crippen LogP contribution in [0.15, 0.2) is 79.1 Å². The number of amidine groups is 1. The zero-order valence-corrected chi connectivity index (χ0v) is 20.3. The van der Waals surface area contributed by atoms with E-state index in [0.717, 1.165) is 28.1 Å². The third-order valence-electron chi connectivity index (χ3n) is 5.98. The van der Waals surface area contributed by atoms with Gasteiger partial charge in [0, 0.05) is 17.7 Å². The first-order valence-electron chi connectivity index (χ1n) is 11.7. The van der Waals surface area contributed by atoms with Crippen molar-refractivity contribution in [2.45, 2.75) is 25.4 Å². The van der Waals surface area contributed by atoms with Gasteiger partial charge in [0.1, 0.15) is 5.84 Å². The Morgan fingerprint density at radius 1 is 1.00 bits per heavy atom. The summed E-state index contributed by atoms with van der Waals surface area (Å²) in [5.74, 6) is -3.88. The molecule has 0 amide bonds. The fourth-order valence-electron chi connectivity index (χ4n) is 4.24. The zero-order chi connectivity index (χ0) is 27.4. The molecule has 1 atom stereocenters. The molecule has 0 aliphatic carbocycles. The Labute approximate surface area is 216 Å². The number of carbonyl (C=O) groups excluding carboxylic acids is 2. The highest BCUT2D eigenvalue weighted by Gasteiger charge is 2.42. The van der Waals surface area contributed by atoms with Crippen molar-refractivity contribution in [3.8, 4) is 0 Å². The lowest BCUT2D eigenvalue weighted by Gasteiger charge is -2.19. The van der Waals surface area contributed by atoms with Crippen LogP contribution in [-0.2, 0) is 16.0 Å². The maximum Gasteiger partial charge on any atom is 0.493 e. The molecule has 0 spiro atoms. The summed E-state index contributed by atoms with van der Waals surface area (Å²) in [6.45, 7) is 1.64. The molecular weight excluding hydrogens is 499 g/mol. The summed E-state index contributed by atoms with van der Waals surface area (Å²) in [5.41, 5.74) is 7.96. The maximum absolute atomic E-state index is 12.9. The number of aromatic nitrogens is 1. The van der Waals surface area contributed by atoms with Crippen LogP contribution in [0.5, 0.6) is 0 Å². The highest BCUT2D eigenvalue weighted by Crippen LogP contribution is 2.34. The van der Waals surface area contributed by atoms with E-state index in [1.54, 1.807) is 25.1 Å². The lowest BCUT2D eigenvalue weighted by molar-refractivity contribution is -0.199. The van der Waals surface area contributed by atoms with Gasteiger partial charge < -0.3 is 15.3 Å². The fraction of sp³-hybridized carbons (Fsp3) is 0.179. The van der Waals surface area contributed by atoms with Crippen LogP contribution in [-0.4, -0.2) is 35.3 Å². The van der Waals surface area contributed by atoms with E-state index in [-0.39, 0.29) is 18.0 Å². The molecule has 38 heavy (non-hydrogen) atoms. The Hall–Kier alpha value is -4.60. The third-order valence-corrected chi connectivity index (χ3v) is 5.98. The number of alkyl halides is 3. The second-order valence-electron chi connectivity index (χ2n) is 8.56. The third kappa shape index (κ3) is 5.86. The highest BCUT2D eigenvalue weighted by atomic mass is 19.4. The van der Waals surface area contributed by atoms with E-state index >= 15 is 0 Å². The summed E-state index contributed by atoms with van der Waals surface area (Å²) in [6, 6.07) is 20.4. The molecule has 0 fully saturated rings. The smallest absolute Gasteiger partial charge is 0.462 e. The number of fused-ring (bicyclic) bond motifs is 1. The van der Waals surface area contributed by atoms with Crippen molar-refractivity contribution in [1.29, 1.82) is 5.41 Å². The second kappa shape index (κ2) is 10.8. The SMILES string of the molecule is CCOC(=O)c1cn(OC(=O)C(F)(F)F)cc1C(Cc1cccc(C(=N)N)c1)c1ccc2ccccc2c1. The number of nitrogens with one attached hydrogen (secondary N) is 1. The van der Waals surface area contributed by atoms with Crippen LogP contribution in [0.3, 0.4) is 0 Å². The first-order valence-corrected chi connectivity index (χ1v) is 11.7. The molecule has 0 saturated carbocycles. The number of benzene rings is 3. The molecule has 196 valence electrons. The predicted octanol–water partition coefficient (Wildman–Crippen LogP) is 4.99. The van der Waals surface area contributed by atoms with Gasteiger partial charge in [0.05, 0.1) is 18.4 Å². The quantitative estimate of drug-likeness (QED) is 0.192. The average Bonchev–Trinajstić information content (AvgIpc) is 3.30. The number of halogens is 3. The summed E-state index contributed by atoms with van der Waals surface area (Å²) in [5, 5.41) is 9.67. The van der Waals surface area contributed by atoms with Gasteiger partial charge in [-0.05, 0) is 46.9 Å². The summed E-state index contributed by atoms with van der Waals surface area (Å²) >= 11 is 0. The minimum absolute atomic E-state index is 0.0348. The first kappa shape index (κ1) is 26.5. The molecule has 4 rings (SSSR count). The van der Waals surface area contributed by atoms with Crippen LogP contribution < -0.4 is 10.6 Å².